The molecule has 32 heavy (non-hydrogen) atoms. The van der Waals surface area contributed by atoms with E-state index in [9.17, 15) is 4.79 Å². The second-order valence-corrected chi connectivity index (χ2v) is 7.22. The van der Waals surface area contributed by atoms with E-state index in [1.807, 2.05) is 48.1 Å². The first-order valence-electron chi connectivity index (χ1n) is 10.3. The van der Waals surface area contributed by atoms with Crippen LogP contribution in [-0.2, 0) is 26.6 Å². The van der Waals surface area contributed by atoms with Gasteiger partial charge in [0.05, 0.1) is 18.8 Å². The topological polar surface area (TPSA) is 111 Å². The minimum absolute atomic E-state index is 0.153. The van der Waals surface area contributed by atoms with E-state index in [0.29, 0.717) is 30.2 Å². The highest BCUT2D eigenvalue weighted by Gasteiger charge is 2.12. The van der Waals surface area contributed by atoms with Crippen molar-refractivity contribution in [3.63, 3.8) is 0 Å². The maximum Gasteiger partial charge on any atom is 0.251 e. The van der Waals surface area contributed by atoms with Crippen molar-refractivity contribution in [1.82, 2.24) is 35.0 Å². The number of carbonyl (C=O) groups excluding carboxylic acids is 1. The Hall–Kier alpha value is -4.14. The molecule has 1 amide bonds. The van der Waals surface area contributed by atoms with Gasteiger partial charge >= 0.3 is 0 Å². The van der Waals surface area contributed by atoms with Crippen LogP contribution in [0.2, 0.25) is 0 Å². The molecule has 0 aliphatic carbocycles. The molecule has 0 radical (unpaired) electrons. The largest absolute Gasteiger partial charge is 0.378 e. The molecule has 0 aliphatic rings. The summed E-state index contributed by atoms with van der Waals surface area (Å²) in [4.78, 5) is 25.1. The highest BCUT2D eigenvalue weighted by Crippen LogP contribution is 2.16. The summed E-state index contributed by atoms with van der Waals surface area (Å²) in [6, 6.07) is 13.1. The average Bonchev–Trinajstić information content (AvgIpc) is 3.22. The van der Waals surface area contributed by atoms with Crippen molar-refractivity contribution >= 4 is 11.6 Å². The van der Waals surface area contributed by atoms with E-state index in [1.165, 1.54) is 11.9 Å². The average molecular weight is 429 g/mol. The summed E-state index contributed by atoms with van der Waals surface area (Å²) in [6.07, 6.45) is 5.93. The number of hydrogen-bond donors (Lipinski definition) is 2. The number of rotatable bonds is 8. The fourth-order valence-corrected chi connectivity index (χ4v) is 3.15. The normalized spacial score (nSPS) is 10.7. The van der Waals surface area contributed by atoms with Crippen molar-refractivity contribution in [3.05, 3.63) is 83.8 Å². The van der Waals surface area contributed by atoms with Gasteiger partial charge in [-0.1, -0.05) is 19.1 Å². The molecule has 1 aromatic carbocycles. The van der Waals surface area contributed by atoms with Crippen molar-refractivity contribution < 1.29 is 4.79 Å². The maximum absolute atomic E-state index is 12.6. The monoisotopic (exact) mass is 428 g/mol. The zero-order valence-electron chi connectivity index (χ0n) is 18.0. The maximum atomic E-state index is 12.6. The lowest BCUT2D eigenvalue weighted by Crippen LogP contribution is -2.23. The summed E-state index contributed by atoms with van der Waals surface area (Å²) >= 11 is 0. The van der Waals surface area contributed by atoms with Crippen LogP contribution < -0.4 is 10.6 Å². The number of aromatic nitrogens is 6. The summed E-state index contributed by atoms with van der Waals surface area (Å²) < 4.78 is 1.88. The number of pyridine rings is 1. The molecule has 2 N–H and O–H groups in total. The minimum atomic E-state index is -0.153. The van der Waals surface area contributed by atoms with E-state index >= 15 is 0 Å². The van der Waals surface area contributed by atoms with E-state index in [1.54, 1.807) is 18.3 Å². The van der Waals surface area contributed by atoms with E-state index in [2.05, 4.69) is 42.7 Å². The molecule has 4 aromatic rings. The van der Waals surface area contributed by atoms with Crippen molar-refractivity contribution in [2.24, 2.45) is 7.05 Å². The SMILES string of the molecule is CCc1ccc(CNC(=O)c2cccc(NCc3nnc(-c4ccncn4)n3C)c2)nc1. The lowest BCUT2D eigenvalue weighted by molar-refractivity contribution is 0.0950. The van der Waals surface area contributed by atoms with Crippen LogP contribution in [0.5, 0.6) is 0 Å². The van der Waals surface area contributed by atoms with Crippen LogP contribution in [0.3, 0.4) is 0 Å². The summed E-state index contributed by atoms with van der Waals surface area (Å²) in [5, 5.41) is 14.7. The molecule has 4 rings (SSSR count). The van der Waals surface area contributed by atoms with Crippen LogP contribution in [-0.4, -0.2) is 35.6 Å². The van der Waals surface area contributed by atoms with Gasteiger partial charge in [-0.25, -0.2) is 9.97 Å². The van der Waals surface area contributed by atoms with Gasteiger partial charge in [0, 0.05) is 30.7 Å². The molecular weight excluding hydrogens is 404 g/mol. The van der Waals surface area contributed by atoms with Crippen molar-refractivity contribution in [2.75, 3.05) is 5.32 Å². The zero-order chi connectivity index (χ0) is 22.3. The molecule has 0 saturated carbocycles. The molecule has 0 fully saturated rings. The smallest absolute Gasteiger partial charge is 0.251 e. The van der Waals surface area contributed by atoms with E-state index < -0.39 is 0 Å². The van der Waals surface area contributed by atoms with Crippen LogP contribution >= 0.6 is 0 Å². The Bertz CT molecular complexity index is 1190. The molecule has 0 bridgehead atoms. The van der Waals surface area contributed by atoms with Crippen LogP contribution in [0.1, 0.15) is 34.4 Å². The van der Waals surface area contributed by atoms with Gasteiger partial charge in [0.25, 0.3) is 5.91 Å². The summed E-state index contributed by atoms with van der Waals surface area (Å²) in [5.41, 5.74) is 4.09. The molecule has 3 aromatic heterocycles. The third-order valence-electron chi connectivity index (χ3n) is 5.08. The van der Waals surface area contributed by atoms with Crippen LogP contribution in [0.25, 0.3) is 11.5 Å². The quantitative estimate of drug-likeness (QED) is 0.444. The van der Waals surface area contributed by atoms with Gasteiger partial charge in [-0.15, -0.1) is 10.2 Å². The Morgan fingerprint density at radius 1 is 1.06 bits per heavy atom. The van der Waals surface area contributed by atoms with Gasteiger partial charge in [0.15, 0.2) is 11.6 Å². The predicted molar refractivity (Wildman–Crippen MR) is 121 cm³/mol. The van der Waals surface area contributed by atoms with Crippen LogP contribution in [0, 0.1) is 0 Å². The molecule has 0 saturated heterocycles. The van der Waals surface area contributed by atoms with Crippen molar-refractivity contribution in [1.29, 1.82) is 0 Å². The van der Waals surface area contributed by atoms with Gasteiger partial charge in [0.2, 0.25) is 0 Å². The zero-order valence-corrected chi connectivity index (χ0v) is 18.0. The molecule has 0 spiro atoms. The number of carbonyl (C=O) groups is 1. The first-order valence-corrected chi connectivity index (χ1v) is 10.3. The number of amides is 1. The molecule has 9 nitrogen and oxygen atoms in total. The number of nitrogens with zero attached hydrogens (tertiary/aromatic N) is 6. The highest BCUT2D eigenvalue weighted by atomic mass is 16.1. The molecule has 9 heteroatoms. The molecule has 3 heterocycles. The van der Waals surface area contributed by atoms with Gasteiger partial charge in [-0.3, -0.25) is 9.78 Å². The lowest BCUT2D eigenvalue weighted by atomic mass is 10.2. The number of hydrogen-bond acceptors (Lipinski definition) is 7. The number of nitrogens with one attached hydrogen (secondary N) is 2. The number of anilines is 1. The van der Waals surface area contributed by atoms with Gasteiger partial charge in [-0.05, 0) is 42.3 Å². The molecular formula is C23H24N8O. The van der Waals surface area contributed by atoms with E-state index in [0.717, 1.165) is 23.6 Å². The van der Waals surface area contributed by atoms with Crippen LogP contribution in [0.15, 0.2) is 61.2 Å². The second-order valence-electron chi connectivity index (χ2n) is 7.22. The first kappa shape index (κ1) is 21.1. The van der Waals surface area contributed by atoms with E-state index in [4.69, 9.17) is 0 Å². The number of benzene rings is 1. The Morgan fingerprint density at radius 3 is 2.72 bits per heavy atom. The second kappa shape index (κ2) is 9.78. The van der Waals surface area contributed by atoms with Crippen molar-refractivity contribution in [3.8, 4) is 11.5 Å². The highest BCUT2D eigenvalue weighted by molar-refractivity contribution is 5.95. The van der Waals surface area contributed by atoms with Crippen molar-refractivity contribution in [2.45, 2.75) is 26.4 Å². The van der Waals surface area contributed by atoms with Gasteiger partial charge < -0.3 is 15.2 Å². The minimum Gasteiger partial charge on any atom is -0.378 e. The fourth-order valence-electron chi connectivity index (χ4n) is 3.15. The van der Waals surface area contributed by atoms with Crippen LogP contribution in [0.4, 0.5) is 5.69 Å². The third kappa shape index (κ3) is 4.94. The summed E-state index contributed by atoms with van der Waals surface area (Å²) in [7, 11) is 1.89. The Morgan fingerprint density at radius 2 is 1.97 bits per heavy atom. The van der Waals surface area contributed by atoms with Gasteiger partial charge in [-0.2, -0.15) is 0 Å². The molecule has 0 atom stereocenters. The fraction of sp³-hybridized carbons (Fsp3) is 0.217. The molecule has 0 unspecified atom stereocenters. The van der Waals surface area contributed by atoms with E-state index in [-0.39, 0.29) is 5.91 Å². The third-order valence-corrected chi connectivity index (χ3v) is 5.08. The number of aryl methyl sites for hydroxylation is 1. The summed E-state index contributed by atoms with van der Waals surface area (Å²) in [5.74, 6) is 1.26. The first-order chi connectivity index (χ1) is 15.6. The molecule has 162 valence electrons. The standard InChI is InChI=1S/C23H24N8O/c1-3-16-7-8-19(25-12-16)13-27-23(32)17-5-4-6-18(11-17)26-14-21-29-30-22(31(21)2)20-9-10-24-15-28-20/h4-12,15,26H,3,13-14H2,1-2H3,(H,27,32). The predicted octanol–water partition coefficient (Wildman–Crippen LogP) is 2.77. The Labute approximate surface area is 186 Å². The van der Waals surface area contributed by atoms with Gasteiger partial charge in [0.1, 0.15) is 12.0 Å². The summed E-state index contributed by atoms with van der Waals surface area (Å²) in [6.45, 7) is 2.92. The Balaban J connectivity index is 1.37. The lowest BCUT2D eigenvalue weighted by Gasteiger charge is -2.09. The molecule has 0 aliphatic heterocycles. The Kier molecular flexibility index (Phi) is 6.45.